The van der Waals surface area contributed by atoms with Gasteiger partial charge in [-0.2, -0.15) is 0 Å². The van der Waals surface area contributed by atoms with E-state index in [9.17, 15) is 9.18 Å². The van der Waals surface area contributed by atoms with Crippen LogP contribution < -0.4 is 9.47 Å². The van der Waals surface area contributed by atoms with E-state index in [1.54, 1.807) is 36.4 Å². The van der Waals surface area contributed by atoms with Crippen molar-refractivity contribution in [2.24, 2.45) is 11.8 Å². The van der Waals surface area contributed by atoms with E-state index in [1.807, 2.05) is 6.92 Å². The standard InChI is InChI=1S/C30H41FO3/c1-3-5-6-11-23-12-7-8-13-24(23)14-9-21-33-27-18-16-26(17-19-27)30(32)34-28-20-15-25(10-4-2)29(31)22-28/h15-20,22-24H,3-14,21H2,1-2H3. The van der Waals surface area contributed by atoms with Crippen molar-refractivity contribution in [3.8, 4) is 11.5 Å². The van der Waals surface area contributed by atoms with E-state index >= 15 is 0 Å². The first-order chi connectivity index (χ1) is 16.6. The fraction of sp³-hybridized carbons (Fsp3) is 0.567. The first-order valence-electron chi connectivity index (χ1n) is 13.3. The molecule has 0 amide bonds. The fourth-order valence-electron chi connectivity index (χ4n) is 5.15. The van der Waals surface area contributed by atoms with Gasteiger partial charge >= 0.3 is 5.97 Å². The molecule has 34 heavy (non-hydrogen) atoms. The number of unbranched alkanes of at least 4 members (excludes halogenated alkanes) is 2. The molecule has 0 radical (unpaired) electrons. The van der Waals surface area contributed by atoms with Crippen molar-refractivity contribution in [1.82, 2.24) is 0 Å². The van der Waals surface area contributed by atoms with Gasteiger partial charge < -0.3 is 9.47 Å². The van der Waals surface area contributed by atoms with Gasteiger partial charge in [-0.3, -0.25) is 0 Å². The number of benzene rings is 2. The predicted octanol–water partition coefficient (Wildman–Crippen LogP) is 8.54. The molecule has 4 heteroatoms. The lowest BCUT2D eigenvalue weighted by Gasteiger charge is -2.31. The minimum atomic E-state index is -0.499. The van der Waals surface area contributed by atoms with Crippen LogP contribution in [0.25, 0.3) is 0 Å². The maximum absolute atomic E-state index is 14.1. The third kappa shape index (κ3) is 8.14. The Morgan fingerprint density at radius 3 is 2.21 bits per heavy atom. The van der Waals surface area contributed by atoms with Crippen LogP contribution in [0.2, 0.25) is 0 Å². The van der Waals surface area contributed by atoms with E-state index in [0.717, 1.165) is 30.4 Å². The zero-order valence-electron chi connectivity index (χ0n) is 21.0. The lowest BCUT2D eigenvalue weighted by Crippen LogP contribution is -2.20. The van der Waals surface area contributed by atoms with Gasteiger partial charge in [0.2, 0.25) is 0 Å². The Kier molecular flexibility index (Phi) is 10.9. The Hall–Kier alpha value is -2.36. The number of aryl methyl sites for hydroxylation is 1. The summed E-state index contributed by atoms with van der Waals surface area (Å²) in [6.07, 6.45) is 14.8. The molecule has 186 valence electrons. The Morgan fingerprint density at radius 1 is 0.882 bits per heavy atom. The second-order valence-corrected chi connectivity index (χ2v) is 9.71. The molecular formula is C30H41FO3. The van der Waals surface area contributed by atoms with Gasteiger partial charge in [-0.25, -0.2) is 9.18 Å². The number of hydrogen-bond acceptors (Lipinski definition) is 3. The van der Waals surface area contributed by atoms with Crippen molar-refractivity contribution < 1.29 is 18.7 Å². The summed E-state index contributed by atoms with van der Waals surface area (Å²) < 4.78 is 25.4. The topological polar surface area (TPSA) is 35.5 Å². The first kappa shape index (κ1) is 26.2. The van der Waals surface area contributed by atoms with Crippen molar-refractivity contribution in [1.29, 1.82) is 0 Å². The fourth-order valence-corrected chi connectivity index (χ4v) is 5.15. The number of carbonyl (C=O) groups is 1. The maximum Gasteiger partial charge on any atom is 0.343 e. The SMILES string of the molecule is CCCCCC1CCCCC1CCCOc1ccc(C(=O)Oc2ccc(CCC)c(F)c2)cc1. The molecule has 3 nitrogen and oxygen atoms in total. The van der Waals surface area contributed by atoms with Crippen LogP contribution in [0.15, 0.2) is 42.5 Å². The smallest absolute Gasteiger partial charge is 0.343 e. The first-order valence-corrected chi connectivity index (χ1v) is 13.3. The summed E-state index contributed by atoms with van der Waals surface area (Å²) in [6.45, 7) is 4.98. The summed E-state index contributed by atoms with van der Waals surface area (Å²) >= 11 is 0. The van der Waals surface area contributed by atoms with E-state index in [1.165, 1.54) is 63.9 Å². The molecule has 2 unspecified atom stereocenters. The summed E-state index contributed by atoms with van der Waals surface area (Å²) in [5.41, 5.74) is 1.06. The quantitative estimate of drug-likeness (QED) is 0.168. The highest BCUT2D eigenvalue weighted by molar-refractivity contribution is 5.91. The molecule has 2 aromatic rings. The van der Waals surface area contributed by atoms with Gasteiger partial charge in [-0.05, 0) is 67.0 Å². The Balaban J connectivity index is 1.42. The molecule has 0 saturated heterocycles. The molecule has 2 atom stereocenters. The molecule has 0 heterocycles. The van der Waals surface area contributed by atoms with Crippen LogP contribution in [0.5, 0.6) is 11.5 Å². The van der Waals surface area contributed by atoms with Gasteiger partial charge in [0.15, 0.2) is 0 Å². The average Bonchev–Trinajstić information content (AvgIpc) is 2.85. The molecule has 0 spiro atoms. The highest BCUT2D eigenvalue weighted by Gasteiger charge is 2.24. The number of halogens is 1. The van der Waals surface area contributed by atoms with Crippen molar-refractivity contribution in [2.45, 2.75) is 90.9 Å². The van der Waals surface area contributed by atoms with Crippen LogP contribution in [0.1, 0.15) is 100 Å². The Morgan fingerprint density at radius 2 is 1.56 bits per heavy atom. The Labute approximate surface area is 205 Å². The second kappa shape index (κ2) is 14.1. The van der Waals surface area contributed by atoms with E-state index in [2.05, 4.69) is 6.92 Å². The predicted molar refractivity (Wildman–Crippen MR) is 136 cm³/mol. The van der Waals surface area contributed by atoms with E-state index < -0.39 is 5.97 Å². The minimum Gasteiger partial charge on any atom is -0.494 e. The zero-order chi connectivity index (χ0) is 24.2. The van der Waals surface area contributed by atoms with Crippen molar-refractivity contribution >= 4 is 5.97 Å². The minimum absolute atomic E-state index is 0.221. The summed E-state index contributed by atoms with van der Waals surface area (Å²) in [7, 11) is 0. The number of hydrogen-bond donors (Lipinski definition) is 0. The van der Waals surface area contributed by atoms with Crippen LogP contribution in [0, 0.1) is 17.7 Å². The van der Waals surface area contributed by atoms with Crippen LogP contribution in [0.4, 0.5) is 4.39 Å². The highest BCUT2D eigenvalue weighted by atomic mass is 19.1. The molecule has 0 bridgehead atoms. The molecule has 0 N–H and O–H groups in total. The number of carbonyl (C=O) groups excluding carboxylic acids is 1. The van der Waals surface area contributed by atoms with Crippen molar-refractivity contribution in [2.75, 3.05) is 6.61 Å². The second-order valence-electron chi connectivity index (χ2n) is 9.71. The van der Waals surface area contributed by atoms with Gasteiger partial charge in [-0.15, -0.1) is 0 Å². The monoisotopic (exact) mass is 468 g/mol. The van der Waals surface area contributed by atoms with Gasteiger partial charge in [-0.1, -0.05) is 77.7 Å². The molecule has 0 aliphatic heterocycles. The maximum atomic E-state index is 14.1. The highest BCUT2D eigenvalue weighted by Crippen LogP contribution is 2.36. The third-order valence-corrected chi connectivity index (χ3v) is 7.08. The van der Waals surface area contributed by atoms with Crippen molar-refractivity contribution in [3.63, 3.8) is 0 Å². The van der Waals surface area contributed by atoms with Gasteiger partial charge in [0.25, 0.3) is 0 Å². The zero-order valence-corrected chi connectivity index (χ0v) is 21.0. The van der Waals surface area contributed by atoms with E-state index in [4.69, 9.17) is 9.47 Å². The lowest BCUT2D eigenvalue weighted by atomic mass is 9.74. The average molecular weight is 469 g/mol. The summed E-state index contributed by atoms with van der Waals surface area (Å²) in [5.74, 6) is 1.90. The molecule has 3 rings (SSSR count). The van der Waals surface area contributed by atoms with Crippen molar-refractivity contribution in [3.05, 3.63) is 59.4 Å². The molecule has 1 aliphatic rings. The van der Waals surface area contributed by atoms with Gasteiger partial charge in [0, 0.05) is 6.07 Å². The summed E-state index contributed by atoms with van der Waals surface area (Å²) in [4.78, 5) is 12.4. The van der Waals surface area contributed by atoms with Crippen LogP contribution in [-0.4, -0.2) is 12.6 Å². The molecule has 1 saturated carbocycles. The lowest BCUT2D eigenvalue weighted by molar-refractivity contribution is 0.0734. The summed E-state index contributed by atoms with van der Waals surface area (Å²) in [6, 6.07) is 11.6. The normalized spacial score (nSPS) is 18.0. The number of esters is 1. The van der Waals surface area contributed by atoms with Crippen LogP contribution in [-0.2, 0) is 6.42 Å². The summed E-state index contributed by atoms with van der Waals surface area (Å²) in [5, 5.41) is 0. The number of rotatable bonds is 13. The Bertz CT molecular complexity index is 877. The molecule has 1 aliphatic carbocycles. The van der Waals surface area contributed by atoms with Crippen LogP contribution >= 0.6 is 0 Å². The molecule has 0 aromatic heterocycles. The van der Waals surface area contributed by atoms with E-state index in [-0.39, 0.29) is 11.6 Å². The van der Waals surface area contributed by atoms with Gasteiger partial charge in [0.1, 0.15) is 17.3 Å². The van der Waals surface area contributed by atoms with Gasteiger partial charge in [0.05, 0.1) is 12.2 Å². The largest absolute Gasteiger partial charge is 0.494 e. The molecule has 1 fully saturated rings. The molecule has 2 aromatic carbocycles. The van der Waals surface area contributed by atoms with Crippen LogP contribution in [0.3, 0.4) is 0 Å². The number of ether oxygens (including phenoxy) is 2. The van der Waals surface area contributed by atoms with E-state index in [0.29, 0.717) is 24.2 Å². The third-order valence-electron chi connectivity index (χ3n) is 7.08. The molecular weight excluding hydrogens is 427 g/mol.